The number of nitrogens with zero attached hydrogens (tertiary/aromatic N) is 4. The van der Waals surface area contributed by atoms with Gasteiger partial charge in [0.05, 0.1) is 6.54 Å². The molecule has 1 N–H and O–H groups in total. The van der Waals surface area contributed by atoms with Crippen molar-refractivity contribution in [2.45, 2.75) is 45.3 Å². The molecule has 0 saturated carbocycles. The minimum Gasteiger partial charge on any atom is -0.364 e. The van der Waals surface area contributed by atoms with Crippen molar-refractivity contribution in [3.63, 3.8) is 0 Å². The van der Waals surface area contributed by atoms with Gasteiger partial charge in [0.25, 0.3) is 0 Å². The van der Waals surface area contributed by atoms with E-state index in [0.717, 1.165) is 37.8 Å². The van der Waals surface area contributed by atoms with E-state index in [1.54, 1.807) is 6.26 Å². The van der Waals surface area contributed by atoms with Gasteiger partial charge in [-0.25, -0.2) is 4.99 Å². The van der Waals surface area contributed by atoms with Gasteiger partial charge in [-0.15, -0.1) is 24.0 Å². The van der Waals surface area contributed by atoms with Crippen LogP contribution < -0.4 is 5.32 Å². The van der Waals surface area contributed by atoms with Crippen LogP contribution in [0, 0.1) is 5.92 Å². The Balaban J connectivity index is 0.00000240. The lowest BCUT2D eigenvalue weighted by atomic mass is 9.83. The molecule has 1 aromatic carbocycles. The predicted octanol–water partition coefficient (Wildman–Crippen LogP) is 3.74. The fourth-order valence-corrected chi connectivity index (χ4v) is 4.61. The minimum absolute atomic E-state index is 0. The second-order valence-corrected chi connectivity index (χ2v) is 7.82. The van der Waals surface area contributed by atoms with E-state index in [2.05, 4.69) is 57.5 Å². The first-order valence-corrected chi connectivity index (χ1v) is 10.5. The van der Waals surface area contributed by atoms with Crippen LogP contribution in [0.3, 0.4) is 0 Å². The molecule has 0 bridgehead atoms. The number of hydrogen-bond acceptors (Lipinski definition) is 4. The largest absolute Gasteiger partial charge is 0.364 e. The van der Waals surface area contributed by atoms with Crippen LogP contribution in [0.2, 0.25) is 0 Å². The minimum atomic E-state index is 0. The number of fused-ring (bicyclic) bond motifs is 1. The summed E-state index contributed by atoms with van der Waals surface area (Å²) in [5, 5.41) is 7.44. The van der Waals surface area contributed by atoms with E-state index in [1.165, 1.54) is 31.4 Å². The van der Waals surface area contributed by atoms with Crippen LogP contribution in [-0.4, -0.2) is 53.1 Å². The highest BCUT2D eigenvalue weighted by Gasteiger charge is 2.36. The van der Waals surface area contributed by atoms with Crippen LogP contribution >= 0.6 is 24.0 Å². The molecule has 0 spiro atoms. The van der Waals surface area contributed by atoms with Gasteiger partial charge >= 0.3 is 0 Å². The zero-order valence-electron chi connectivity index (χ0n) is 17.2. The molecule has 3 heterocycles. The number of benzene rings is 1. The third-order valence-electron chi connectivity index (χ3n) is 5.93. The summed E-state index contributed by atoms with van der Waals surface area (Å²) >= 11 is 0. The van der Waals surface area contributed by atoms with E-state index in [-0.39, 0.29) is 24.0 Å². The first-order valence-electron chi connectivity index (χ1n) is 10.5. The quantitative estimate of drug-likeness (QED) is 0.378. The maximum Gasteiger partial charge on any atom is 0.194 e. The highest BCUT2D eigenvalue weighted by Crippen LogP contribution is 2.31. The summed E-state index contributed by atoms with van der Waals surface area (Å²) in [5.41, 5.74) is 2.30. The maximum absolute atomic E-state index is 4.92. The molecule has 2 aliphatic rings. The number of nitrogens with one attached hydrogen (secondary N) is 1. The molecule has 2 atom stereocenters. The molecule has 6 nitrogen and oxygen atoms in total. The number of hydrogen-bond donors (Lipinski definition) is 1. The van der Waals surface area contributed by atoms with Crippen molar-refractivity contribution in [1.82, 2.24) is 20.3 Å². The van der Waals surface area contributed by atoms with Crippen molar-refractivity contribution < 1.29 is 4.52 Å². The van der Waals surface area contributed by atoms with Crippen LogP contribution in [0.4, 0.5) is 0 Å². The van der Waals surface area contributed by atoms with Crippen LogP contribution in [-0.2, 0) is 13.1 Å². The zero-order chi connectivity index (χ0) is 19.2. The van der Waals surface area contributed by atoms with E-state index >= 15 is 0 Å². The predicted molar refractivity (Wildman–Crippen MR) is 126 cm³/mol. The molecule has 2 fully saturated rings. The van der Waals surface area contributed by atoms with Gasteiger partial charge in [-0.2, -0.15) is 0 Å². The molecule has 0 amide bonds. The van der Waals surface area contributed by atoms with E-state index in [1.807, 2.05) is 6.07 Å². The summed E-state index contributed by atoms with van der Waals surface area (Å²) < 4.78 is 4.92. The van der Waals surface area contributed by atoms with E-state index in [0.29, 0.717) is 18.5 Å². The summed E-state index contributed by atoms with van der Waals surface area (Å²) in [6, 6.07) is 13.4. The summed E-state index contributed by atoms with van der Waals surface area (Å²) in [6.45, 7) is 7.99. The Morgan fingerprint density at radius 1 is 1.21 bits per heavy atom. The molecular weight excluding hydrogens is 477 g/mol. The normalized spacial score (nSPS) is 22.7. The van der Waals surface area contributed by atoms with Crippen molar-refractivity contribution in [1.29, 1.82) is 0 Å². The Morgan fingerprint density at radius 2 is 2.07 bits per heavy atom. The van der Waals surface area contributed by atoms with Crippen LogP contribution in [0.15, 0.2) is 52.2 Å². The number of aromatic nitrogens is 1. The van der Waals surface area contributed by atoms with Gasteiger partial charge in [-0.1, -0.05) is 35.5 Å². The molecule has 2 saturated heterocycles. The van der Waals surface area contributed by atoms with Gasteiger partial charge in [0.1, 0.15) is 12.0 Å². The zero-order valence-corrected chi connectivity index (χ0v) is 19.5. The summed E-state index contributed by atoms with van der Waals surface area (Å²) in [5.74, 6) is 1.71. The lowest BCUT2D eigenvalue weighted by Crippen LogP contribution is -2.56. The third kappa shape index (κ3) is 5.72. The summed E-state index contributed by atoms with van der Waals surface area (Å²) in [7, 11) is 0. The lowest BCUT2D eigenvalue weighted by molar-refractivity contribution is 0.0372. The molecule has 0 radical (unpaired) electrons. The van der Waals surface area contributed by atoms with Crippen molar-refractivity contribution in [2.75, 3.05) is 26.2 Å². The third-order valence-corrected chi connectivity index (χ3v) is 5.93. The van der Waals surface area contributed by atoms with Crippen molar-refractivity contribution in [3.05, 3.63) is 53.9 Å². The molecule has 4 rings (SSSR count). The second-order valence-electron chi connectivity index (χ2n) is 7.82. The van der Waals surface area contributed by atoms with Gasteiger partial charge in [0.2, 0.25) is 0 Å². The molecule has 2 unspecified atom stereocenters. The molecular formula is C22H32IN5O. The molecule has 2 aromatic rings. The monoisotopic (exact) mass is 509 g/mol. The average Bonchev–Trinajstić information content (AvgIpc) is 3.25. The molecule has 2 aliphatic heterocycles. The van der Waals surface area contributed by atoms with Crippen LogP contribution in [0.25, 0.3) is 0 Å². The Labute approximate surface area is 190 Å². The smallest absolute Gasteiger partial charge is 0.194 e. The van der Waals surface area contributed by atoms with Gasteiger partial charge in [0, 0.05) is 38.3 Å². The lowest BCUT2D eigenvalue weighted by Gasteiger charge is -2.48. The second kappa shape index (κ2) is 11.0. The van der Waals surface area contributed by atoms with Crippen molar-refractivity contribution in [2.24, 2.45) is 10.9 Å². The SMILES string of the molecule is CCNC(=NCc1ccon1)N1CCC2C(CCCN2Cc2ccccc2)C1.I. The Bertz CT molecular complexity index is 752. The van der Waals surface area contributed by atoms with Gasteiger partial charge in [-0.3, -0.25) is 4.90 Å². The Morgan fingerprint density at radius 3 is 2.83 bits per heavy atom. The Hall–Kier alpha value is -1.61. The first kappa shape index (κ1) is 22.1. The van der Waals surface area contributed by atoms with Gasteiger partial charge < -0.3 is 14.7 Å². The van der Waals surface area contributed by atoms with E-state index in [9.17, 15) is 0 Å². The Kier molecular flexibility index (Phi) is 8.35. The first-order chi connectivity index (χ1) is 13.8. The average molecular weight is 509 g/mol. The highest BCUT2D eigenvalue weighted by molar-refractivity contribution is 14.0. The topological polar surface area (TPSA) is 56.9 Å². The highest BCUT2D eigenvalue weighted by atomic mass is 127. The number of aliphatic imine (C=N–C) groups is 1. The number of rotatable bonds is 5. The van der Waals surface area contributed by atoms with Crippen molar-refractivity contribution >= 4 is 29.9 Å². The van der Waals surface area contributed by atoms with Gasteiger partial charge in [0.15, 0.2) is 5.96 Å². The molecule has 7 heteroatoms. The molecule has 29 heavy (non-hydrogen) atoms. The van der Waals surface area contributed by atoms with Gasteiger partial charge in [-0.05, 0) is 44.2 Å². The molecule has 158 valence electrons. The standard InChI is InChI=1S/C22H31N5O.HI/c1-2-23-22(24-15-20-11-14-28-25-20)27-13-10-21-19(17-27)9-6-12-26(21)16-18-7-4-3-5-8-18;/h3-5,7-8,11,14,19,21H,2,6,9-10,12-13,15-17H2,1H3,(H,23,24);1H. The number of likely N-dealkylation sites (tertiary alicyclic amines) is 2. The maximum atomic E-state index is 4.92. The number of guanidine groups is 1. The fraction of sp³-hybridized carbons (Fsp3) is 0.545. The summed E-state index contributed by atoms with van der Waals surface area (Å²) in [4.78, 5) is 9.95. The van der Waals surface area contributed by atoms with E-state index < -0.39 is 0 Å². The van der Waals surface area contributed by atoms with Crippen molar-refractivity contribution in [3.8, 4) is 0 Å². The fourth-order valence-electron chi connectivity index (χ4n) is 4.61. The number of halogens is 1. The summed E-state index contributed by atoms with van der Waals surface area (Å²) in [6.07, 6.45) is 5.40. The number of piperidine rings is 2. The molecule has 1 aromatic heterocycles. The van der Waals surface area contributed by atoms with E-state index in [4.69, 9.17) is 9.52 Å². The molecule has 0 aliphatic carbocycles. The van der Waals surface area contributed by atoms with Crippen LogP contribution in [0.1, 0.15) is 37.4 Å². The van der Waals surface area contributed by atoms with Crippen LogP contribution in [0.5, 0.6) is 0 Å².